The van der Waals surface area contributed by atoms with Crippen LogP contribution in [0.1, 0.15) is 20.8 Å². The van der Waals surface area contributed by atoms with E-state index in [-0.39, 0.29) is 11.3 Å². The molecule has 0 unspecified atom stereocenters. The molecule has 0 spiro atoms. The van der Waals surface area contributed by atoms with Gasteiger partial charge in [0.2, 0.25) is 0 Å². The Hall–Kier alpha value is -1.27. The first-order valence-corrected chi connectivity index (χ1v) is 5.68. The molecule has 3 heterocycles. The highest BCUT2D eigenvalue weighted by molar-refractivity contribution is 9.10. The van der Waals surface area contributed by atoms with Crippen LogP contribution in [0.2, 0.25) is 0 Å². The topological polar surface area (TPSA) is 56.3 Å². The number of aromatic nitrogens is 1. The average Bonchev–Trinajstić information content (AvgIpc) is 2.70. The number of esters is 2. The highest BCUT2D eigenvalue weighted by Crippen LogP contribution is 2.32. The van der Waals surface area contributed by atoms with Crippen LogP contribution in [0, 0.1) is 0 Å². The highest BCUT2D eigenvalue weighted by Gasteiger charge is 2.32. The lowest BCUT2D eigenvalue weighted by atomic mass is 10.2. The number of nitrogens with zero attached hydrogens (tertiary/aromatic N) is 1. The smallest absolute Gasteiger partial charge is 0.365 e. The third kappa shape index (κ3) is 1.15. The van der Waals surface area contributed by atoms with Gasteiger partial charge in [-0.2, -0.15) is 0 Å². The summed E-state index contributed by atoms with van der Waals surface area (Å²) in [7, 11) is 0. The van der Waals surface area contributed by atoms with Gasteiger partial charge in [-0.15, -0.1) is 11.3 Å². The van der Waals surface area contributed by atoms with Crippen molar-refractivity contribution in [2.75, 3.05) is 0 Å². The number of carbonyl (C=O) groups is 2. The van der Waals surface area contributed by atoms with Crippen molar-refractivity contribution in [3.8, 4) is 0 Å². The molecule has 0 N–H and O–H groups in total. The summed E-state index contributed by atoms with van der Waals surface area (Å²) in [5.41, 5.74) is 1.04. The van der Waals surface area contributed by atoms with Crippen molar-refractivity contribution in [3.05, 3.63) is 27.2 Å². The lowest BCUT2D eigenvalue weighted by molar-refractivity contribution is 0.0441. The van der Waals surface area contributed by atoms with Crippen LogP contribution in [-0.2, 0) is 4.74 Å². The minimum atomic E-state index is -0.671. The quantitative estimate of drug-likeness (QED) is 0.550. The fraction of sp³-hybridized carbons (Fsp3) is 0. The van der Waals surface area contributed by atoms with E-state index >= 15 is 0 Å². The number of carbonyl (C=O) groups excluding carboxylic acids is 2. The predicted octanol–water partition coefficient (Wildman–Crippen LogP) is 2.37. The van der Waals surface area contributed by atoms with E-state index in [1.807, 2.05) is 5.38 Å². The van der Waals surface area contributed by atoms with Crippen LogP contribution in [0.4, 0.5) is 0 Å². The number of ether oxygens (including phenoxy) is 1. The summed E-state index contributed by atoms with van der Waals surface area (Å²) in [6.45, 7) is 0. The predicted molar refractivity (Wildman–Crippen MR) is 57.1 cm³/mol. The fourth-order valence-corrected chi connectivity index (χ4v) is 2.93. The van der Waals surface area contributed by atoms with Gasteiger partial charge in [0.15, 0.2) is 5.69 Å². The normalized spacial score (nSPS) is 14.5. The van der Waals surface area contributed by atoms with Crippen molar-refractivity contribution in [2.24, 2.45) is 0 Å². The van der Waals surface area contributed by atoms with Gasteiger partial charge >= 0.3 is 11.9 Å². The summed E-state index contributed by atoms with van der Waals surface area (Å²) in [5.74, 6) is -1.29. The lowest BCUT2D eigenvalue weighted by Gasteiger charge is -1.92. The SMILES string of the molecule is O=C1OC(=O)c2nc3c(Br)csc3cc21. The Morgan fingerprint density at radius 2 is 2.13 bits per heavy atom. The number of cyclic esters (lactones) is 2. The van der Waals surface area contributed by atoms with Crippen LogP contribution in [0.25, 0.3) is 10.2 Å². The number of hydrogen-bond donors (Lipinski definition) is 0. The van der Waals surface area contributed by atoms with E-state index in [1.54, 1.807) is 6.07 Å². The van der Waals surface area contributed by atoms with Crippen molar-refractivity contribution in [2.45, 2.75) is 0 Å². The molecule has 6 heteroatoms. The van der Waals surface area contributed by atoms with Crippen molar-refractivity contribution in [3.63, 3.8) is 0 Å². The van der Waals surface area contributed by atoms with E-state index in [9.17, 15) is 9.59 Å². The van der Waals surface area contributed by atoms with E-state index in [4.69, 9.17) is 0 Å². The Kier molecular flexibility index (Phi) is 1.72. The molecule has 0 atom stereocenters. The minimum Gasteiger partial charge on any atom is -0.384 e. The molecule has 0 amide bonds. The number of thiophene rings is 1. The summed E-state index contributed by atoms with van der Waals surface area (Å²) in [6, 6.07) is 1.64. The molecular weight excluding hydrogens is 282 g/mol. The van der Waals surface area contributed by atoms with Crippen LogP contribution in [0.3, 0.4) is 0 Å². The molecule has 1 aliphatic heterocycles. The molecule has 3 rings (SSSR count). The first kappa shape index (κ1) is 8.99. The number of hydrogen-bond acceptors (Lipinski definition) is 5. The summed E-state index contributed by atoms with van der Waals surface area (Å²) in [4.78, 5) is 26.6. The second-order valence-electron chi connectivity index (χ2n) is 2.99. The minimum absolute atomic E-state index is 0.103. The van der Waals surface area contributed by atoms with Crippen molar-refractivity contribution in [1.29, 1.82) is 0 Å². The molecule has 0 saturated heterocycles. The van der Waals surface area contributed by atoms with Gasteiger partial charge in [0.25, 0.3) is 0 Å². The van der Waals surface area contributed by atoms with E-state index < -0.39 is 11.9 Å². The van der Waals surface area contributed by atoms with Crippen molar-refractivity contribution < 1.29 is 14.3 Å². The maximum Gasteiger partial charge on any atom is 0.365 e. The lowest BCUT2D eigenvalue weighted by Crippen LogP contribution is -1.98. The van der Waals surface area contributed by atoms with Gasteiger partial charge in [0, 0.05) is 5.38 Å². The third-order valence-electron chi connectivity index (χ3n) is 2.10. The molecular formula is C9H2BrNO3S. The summed E-state index contributed by atoms with van der Waals surface area (Å²) in [5, 5.41) is 1.86. The van der Waals surface area contributed by atoms with Gasteiger partial charge in [0.05, 0.1) is 20.3 Å². The zero-order chi connectivity index (χ0) is 10.6. The number of pyridine rings is 1. The maximum atomic E-state index is 11.2. The number of rotatable bonds is 0. The van der Waals surface area contributed by atoms with Crippen LogP contribution in [0.5, 0.6) is 0 Å². The Labute approximate surface area is 96.0 Å². The molecule has 0 aliphatic carbocycles. The van der Waals surface area contributed by atoms with Crippen LogP contribution < -0.4 is 0 Å². The van der Waals surface area contributed by atoms with E-state index in [0.717, 1.165) is 9.17 Å². The van der Waals surface area contributed by atoms with Crippen LogP contribution >= 0.6 is 27.3 Å². The van der Waals surface area contributed by atoms with E-state index in [0.29, 0.717) is 5.52 Å². The Morgan fingerprint density at radius 3 is 2.93 bits per heavy atom. The van der Waals surface area contributed by atoms with Gasteiger partial charge in [-0.25, -0.2) is 14.6 Å². The molecule has 0 fully saturated rings. The highest BCUT2D eigenvalue weighted by atomic mass is 79.9. The zero-order valence-corrected chi connectivity index (χ0v) is 9.52. The van der Waals surface area contributed by atoms with Crippen molar-refractivity contribution in [1.82, 2.24) is 4.98 Å². The largest absolute Gasteiger partial charge is 0.384 e. The fourth-order valence-electron chi connectivity index (χ4n) is 1.43. The standard InChI is InChI=1S/C9H2BrNO3S/c10-4-2-15-5-1-3-6(11-7(4)5)9(13)14-8(3)12/h1-2H. The molecule has 1 aliphatic rings. The van der Waals surface area contributed by atoms with E-state index in [2.05, 4.69) is 25.7 Å². The Balaban J connectivity index is 2.43. The monoisotopic (exact) mass is 283 g/mol. The second-order valence-corrected chi connectivity index (χ2v) is 4.76. The second kappa shape index (κ2) is 2.86. The molecule has 4 nitrogen and oxygen atoms in total. The summed E-state index contributed by atoms with van der Waals surface area (Å²) in [6.07, 6.45) is 0. The van der Waals surface area contributed by atoms with Crippen LogP contribution in [0.15, 0.2) is 15.9 Å². The molecule has 2 aromatic rings. The van der Waals surface area contributed by atoms with Crippen LogP contribution in [-0.4, -0.2) is 16.9 Å². The van der Waals surface area contributed by atoms with Gasteiger partial charge in [0.1, 0.15) is 0 Å². The van der Waals surface area contributed by atoms with Gasteiger partial charge < -0.3 is 4.74 Å². The molecule has 0 aromatic carbocycles. The third-order valence-corrected chi connectivity index (χ3v) is 3.93. The first-order valence-electron chi connectivity index (χ1n) is 4.01. The van der Waals surface area contributed by atoms with Gasteiger partial charge in [-0.1, -0.05) is 0 Å². The zero-order valence-electron chi connectivity index (χ0n) is 7.11. The Bertz CT molecular complexity index is 619. The summed E-state index contributed by atoms with van der Waals surface area (Å²) < 4.78 is 6.13. The van der Waals surface area contributed by atoms with Crippen molar-refractivity contribution >= 4 is 49.4 Å². The molecule has 15 heavy (non-hydrogen) atoms. The first-order chi connectivity index (χ1) is 7.16. The number of halogens is 1. The molecule has 0 bridgehead atoms. The summed E-state index contributed by atoms with van der Waals surface area (Å²) >= 11 is 4.78. The molecule has 74 valence electrons. The van der Waals surface area contributed by atoms with Gasteiger partial charge in [-0.05, 0) is 22.0 Å². The molecule has 0 radical (unpaired) electrons. The Morgan fingerprint density at radius 1 is 1.33 bits per heavy atom. The molecule has 0 saturated carbocycles. The number of fused-ring (bicyclic) bond motifs is 2. The molecule has 2 aromatic heterocycles. The average molecular weight is 284 g/mol. The van der Waals surface area contributed by atoms with Gasteiger partial charge in [-0.3, -0.25) is 0 Å². The maximum absolute atomic E-state index is 11.2. The van der Waals surface area contributed by atoms with E-state index in [1.165, 1.54) is 11.3 Å².